The van der Waals surface area contributed by atoms with Crippen molar-refractivity contribution in [2.45, 2.75) is 33.1 Å². The van der Waals surface area contributed by atoms with Gasteiger partial charge in [-0.2, -0.15) is 4.99 Å². The maximum atomic E-state index is 13.3. The highest BCUT2D eigenvalue weighted by molar-refractivity contribution is 9.11. The highest BCUT2D eigenvalue weighted by Gasteiger charge is 2.34. The zero-order chi connectivity index (χ0) is 28.8. The van der Waals surface area contributed by atoms with Gasteiger partial charge in [0.15, 0.2) is 5.76 Å². The Balaban J connectivity index is 1.45. The Kier molecular flexibility index (Phi) is 9.37. The number of ether oxygens (including phenoxy) is 1. The van der Waals surface area contributed by atoms with Gasteiger partial charge in [0.25, 0.3) is 5.91 Å². The molecule has 1 aliphatic rings. The van der Waals surface area contributed by atoms with Gasteiger partial charge in [-0.1, -0.05) is 77.8 Å². The lowest BCUT2D eigenvalue weighted by Crippen LogP contribution is -2.29. The summed E-state index contributed by atoms with van der Waals surface area (Å²) in [5, 5.41) is 0. The first-order valence-electron chi connectivity index (χ1n) is 13.8. The first kappa shape index (κ1) is 28.8. The Morgan fingerprint density at radius 2 is 1.46 bits per heavy atom. The summed E-state index contributed by atoms with van der Waals surface area (Å²) in [5.41, 5.74) is 5.90. The van der Waals surface area contributed by atoms with Crippen molar-refractivity contribution in [3.05, 3.63) is 123 Å². The molecule has 208 valence electrons. The van der Waals surface area contributed by atoms with Crippen molar-refractivity contribution in [2.75, 3.05) is 11.4 Å². The molecule has 0 N–H and O–H groups in total. The quantitative estimate of drug-likeness (QED) is 0.166. The maximum Gasteiger partial charge on any atom is 0.305 e. The molecule has 0 bridgehead atoms. The molecule has 0 spiro atoms. The SMILES string of the molecule is CCCCc1cc(Br)cc(Br)c1N=C1O/C(=C/c2ccc(N(c3ccccc3)c3ccccc3)cc2)C(=O)N1CC. The highest BCUT2D eigenvalue weighted by atomic mass is 79.9. The van der Waals surface area contributed by atoms with E-state index in [9.17, 15) is 4.79 Å². The number of rotatable bonds is 9. The number of para-hydroxylation sites is 2. The minimum Gasteiger partial charge on any atom is -0.419 e. The van der Waals surface area contributed by atoms with E-state index in [0.717, 1.165) is 62.1 Å². The number of benzene rings is 4. The number of likely N-dealkylation sites (N-methyl/N-ethyl adjacent to an activating group) is 1. The predicted molar refractivity (Wildman–Crippen MR) is 175 cm³/mol. The Bertz CT molecular complexity index is 1530. The predicted octanol–water partition coefficient (Wildman–Crippen LogP) is 9.93. The van der Waals surface area contributed by atoms with Crippen LogP contribution in [0.15, 0.2) is 117 Å². The molecule has 4 aromatic rings. The number of amidine groups is 1. The number of carbonyl (C=O) groups is 1. The molecule has 0 aliphatic carbocycles. The first-order chi connectivity index (χ1) is 20.0. The van der Waals surface area contributed by atoms with Crippen LogP contribution in [0.1, 0.15) is 37.8 Å². The average Bonchev–Trinajstić information content (AvgIpc) is 3.28. The van der Waals surface area contributed by atoms with E-state index >= 15 is 0 Å². The van der Waals surface area contributed by atoms with Crippen molar-refractivity contribution in [1.29, 1.82) is 0 Å². The van der Waals surface area contributed by atoms with Gasteiger partial charge in [-0.05, 0) is 101 Å². The number of halogens is 2. The molecule has 0 atom stereocenters. The minimum absolute atomic E-state index is 0.200. The number of aliphatic imine (C=N–C) groups is 1. The molecule has 4 aromatic carbocycles. The van der Waals surface area contributed by atoms with E-state index in [1.165, 1.54) is 0 Å². The van der Waals surface area contributed by atoms with Crippen molar-refractivity contribution in [2.24, 2.45) is 4.99 Å². The summed E-state index contributed by atoms with van der Waals surface area (Å²) in [6.07, 6.45) is 4.79. The molecule has 5 nitrogen and oxygen atoms in total. The van der Waals surface area contributed by atoms with Gasteiger partial charge in [-0.3, -0.25) is 9.69 Å². The Labute approximate surface area is 258 Å². The molecular formula is C34H31Br2N3O2. The standard InChI is InChI=1S/C34H31Br2N3O2/c1-3-5-12-25-22-26(35)23-30(36)32(25)37-34-38(4-2)33(40)31(41-34)21-24-17-19-29(20-18-24)39(27-13-8-6-9-14-27)28-15-10-7-11-16-28/h6-11,13-23H,3-5,12H2,1-2H3/b31-21+,37-34?. The molecule has 0 saturated carbocycles. The van der Waals surface area contributed by atoms with E-state index in [4.69, 9.17) is 9.73 Å². The van der Waals surface area contributed by atoms with Crippen molar-refractivity contribution in [3.8, 4) is 0 Å². The van der Waals surface area contributed by atoms with Crippen LogP contribution < -0.4 is 4.90 Å². The largest absolute Gasteiger partial charge is 0.419 e. The third kappa shape index (κ3) is 6.63. The van der Waals surface area contributed by atoms with Gasteiger partial charge in [0.05, 0.1) is 5.69 Å². The monoisotopic (exact) mass is 671 g/mol. The lowest BCUT2D eigenvalue weighted by Gasteiger charge is -2.25. The van der Waals surface area contributed by atoms with E-state index in [0.29, 0.717) is 12.6 Å². The second-order valence-corrected chi connectivity index (χ2v) is 11.4. The molecule has 5 rings (SSSR count). The van der Waals surface area contributed by atoms with Crippen LogP contribution in [-0.4, -0.2) is 23.4 Å². The molecule has 1 heterocycles. The lowest BCUT2D eigenvalue weighted by molar-refractivity contribution is -0.122. The van der Waals surface area contributed by atoms with Crippen LogP contribution >= 0.6 is 31.9 Å². The second kappa shape index (κ2) is 13.3. The first-order valence-corrected chi connectivity index (χ1v) is 15.4. The summed E-state index contributed by atoms with van der Waals surface area (Å²) in [4.78, 5) is 21.9. The molecular weight excluding hydrogens is 642 g/mol. The van der Waals surface area contributed by atoms with Crippen LogP contribution in [0.3, 0.4) is 0 Å². The minimum atomic E-state index is -0.200. The number of aryl methyl sites for hydroxylation is 1. The third-order valence-corrected chi connectivity index (χ3v) is 7.86. The molecule has 0 radical (unpaired) electrons. The summed E-state index contributed by atoms with van der Waals surface area (Å²) in [6.45, 7) is 4.54. The van der Waals surface area contributed by atoms with E-state index in [-0.39, 0.29) is 11.7 Å². The molecule has 41 heavy (non-hydrogen) atoms. The fourth-order valence-corrected chi connectivity index (χ4v) is 6.14. The second-order valence-electron chi connectivity index (χ2n) is 9.65. The Morgan fingerprint density at radius 3 is 2.05 bits per heavy atom. The number of nitrogens with zero attached hydrogens (tertiary/aromatic N) is 3. The Morgan fingerprint density at radius 1 is 0.854 bits per heavy atom. The maximum absolute atomic E-state index is 13.3. The van der Waals surface area contributed by atoms with Gasteiger partial charge >= 0.3 is 6.02 Å². The van der Waals surface area contributed by atoms with Crippen LogP contribution in [0.5, 0.6) is 0 Å². The number of hydrogen-bond acceptors (Lipinski definition) is 4. The molecule has 0 unspecified atom stereocenters. The van der Waals surface area contributed by atoms with E-state index in [2.05, 4.69) is 86.1 Å². The van der Waals surface area contributed by atoms with Gasteiger partial charge in [0, 0.05) is 32.6 Å². The van der Waals surface area contributed by atoms with E-state index in [1.54, 1.807) is 11.0 Å². The number of anilines is 3. The lowest BCUT2D eigenvalue weighted by atomic mass is 10.1. The van der Waals surface area contributed by atoms with Crippen LogP contribution in [0.2, 0.25) is 0 Å². The van der Waals surface area contributed by atoms with Crippen LogP contribution in [0.25, 0.3) is 6.08 Å². The van der Waals surface area contributed by atoms with Crippen molar-refractivity contribution in [3.63, 3.8) is 0 Å². The van der Waals surface area contributed by atoms with Crippen LogP contribution in [0, 0.1) is 0 Å². The average molecular weight is 673 g/mol. The van der Waals surface area contributed by atoms with Gasteiger partial charge in [0.1, 0.15) is 0 Å². The van der Waals surface area contributed by atoms with Crippen LogP contribution in [-0.2, 0) is 16.0 Å². The zero-order valence-electron chi connectivity index (χ0n) is 23.1. The fourth-order valence-electron chi connectivity index (χ4n) is 4.74. The smallest absolute Gasteiger partial charge is 0.305 e. The topological polar surface area (TPSA) is 45.1 Å². The molecule has 1 aliphatic heterocycles. The van der Waals surface area contributed by atoms with Crippen molar-refractivity contribution >= 4 is 72.6 Å². The summed E-state index contributed by atoms with van der Waals surface area (Å²) in [7, 11) is 0. The number of hydrogen-bond donors (Lipinski definition) is 0. The van der Waals surface area contributed by atoms with Gasteiger partial charge in [-0.25, -0.2) is 0 Å². The zero-order valence-corrected chi connectivity index (χ0v) is 26.2. The molecule has 1 amide bonds. The van der Waals surface area contributed by atoms with Gasteiger partial charge in [0.2, 0.25) is 0 Å². The number of unbranched alkanes of at least 4 members (excludes halogenated alkanes) is 1. The number of carbonyl (C=O) groups excluding carboxylic acids is 1. The summed E-state index contributed by atoms with van der Waals surface area (Å²) >= 11 is 7.25. The van der Waals surface area contributed by atoms with Gasteiger partial charge in [-0.15, -0.1) is 0 Å². The molecule has 0 aromatic heterocycles. The molecule has 7 heteroatoms. The third-order valence-electron chi connectivity index (χ3n) is 6.80. The van der Waals surface area contributed by atoms with E-state index in [1.807, 2.05) is 61.5 Å². The fraction of sp³-hybridized carbons (Fsp3) is 0.176. The van der Waals surface area contributed by atoms with Gasteiger partial charge < -0.3 is 9.64 Å². The van der Waals surface area contributed by atoms with E-state index < -0.39 is 0 Å². The highest BCUT2D eigenvalue weighted by Crippen LogP contribution is 2.37. The summed E-state index contributed by atoms with van der Waals surface area (Å²) in [5.74, 6) is 0.0542. The van der Waals surface area contributed by atoms with Crippen molar-refractivity contribution in [1.82, 2.24) is 4.90 Å². The van der Waals surface area contributed by atoms with Crippen LogP contribution in [0.4, 0.5) is 22.7 Å². The molecule has 1 saturated heterocycles. The van der Waals surface area contributed by atoms with Crippen molar-refractivity contribution < 1.29 is 9.53 Å². The summed E-state index contributed by atoms with van der Waals surface area (Å²) in [6, 6.07) is 33.0. The Hall–Kier alpha value is -3.68. The summed E-state index contributed by atoms with van der Waals surface area (Å²) < 4.78 is 7.93. The normalized spacial score (nSPS) is 15.0. The number of amides is 1. The molecule has 1 fully saturated rings.